The second-order valence-corrected chi connectivity index (χ2v) is 7.48. The van der Waals surface area contributed by atoms with E-state index in [0.29, 0.717) is 12.1 Å². The van der Waals surface area contributed by atoms with Gasteiger partial charge in [0.1, 0.15) is 5.54 Å². The van der Waals surface area contributed by atoms with Crippen LogP contribution in [0.3, 0.4) is 0 Å². The topological polar surface area (TPSA) is 39.1 Å². The minimum Gasteiger partial charge on any atom is -0.300 e. The molecule has 2 aliphatic carbocycles. The maximum Gasteiger partial charge on any atom is 0.108 e. The first-order chi connectivity index (χ1) is 9.46. The molecule has 0 heterocycles. The van der Waals surface area contributed by atoms with Crippen LogP contribution in [0, 0.1) is 17.2 Å². The third-order valence-electron chi connectivity index (χ3n) is 5.33. The van der Waals surface area contributed by atoms with E-state index in [1.807, 2.05) is 0 Å². The van der Waals surface area contributed by atoms with Gasteiger partial charge in [0, 0.05) is 18.1 Å². The zero-order valence-electron chi connectivity index (χ0n) is 13.7. The molecule has 0 aliphatic heterocycles. The molecule has 4 atom stereocenters. The number of nitriles is 1. The van der Waals surface area contributed by atoms with Crippen molar-refractivity contribution >= 4 is 0 Å². The van der Waals surface area contributed by atoms with Crippen LogP contribution in [0.2, 0.25) is 0 Å². The molecule has 0 saturated heterocycles. The van der Waals surface area contributed by atoms with Gasteiger partial charge in [-0.1, -0.05) is 19.8 Å². The SMILES string of the molecule is CC1CCCC(N(C)C2CCC(C#N)(NC(C)C)C2)C1. The van der Waals surface area contributed by atoms with Gasteiger partial charge >= 0.3 is 0 Å². The molecule has 2 aliphatic rings. The number of hydrogen-bond donors (Lipinski definition) is 1. The van der Waals surface area contributed by atoms with Crippen LogP contribution < -0.4 is 5.32 Å². The first-order valence-corrected chi connectivity index (χ1v) is 8.36. The maximum atomic E-state index is 9.59. The van der Waals surface area contributed by atoms with E-state index in [-0.39, 0.29) is 5.54 Å². The van der Waals surface area contributed by atoms with Gasteiger partial charge in [0.05, 0.1) is 6.07 Å². The lowest BCUT2D eigenvalue weighted by Crippen LogP contribution is -2.48. The normalized spacial score (nSPS) is 38.4. The molecule has 2 saturated carbocycles. The second kappa shape index (κ2) is 6.45. The van der Waals surface area contributed by atoms with E-state index in [2.05, 4.69) is 44.1 Å². The van der Waals surface area contributed by atoms with Gasteiger partial charge in [-0.3, -0.25) is 5.32 Å². The Labute approximate surface area is 124 Å². The summed E-state index contributed by atoms with van der Waals surface area (Å²) in [5.41, 5.74) is -0.284. The van der Waals surface area contributed by atoms with Crippen molar-refractivity contribution in [1.29, 1.82) is 5.26 Å². The van der Waals surface area contributed by atoms with E-state index in [1.54, 1.807) is 0 Å². The third-order valence-corrected chi connectivity index (χ3v) is 5.33. The lowest BCUT2D eigenvalue weighted by Gasteiger charge is -2.38. The van der Waals surface area contributed by atoms with Gasteiger partial charge in [-0.15, -0.1) is 0 Å². The fourth-order valence-corrected chi connectivity index (χ4v) is 4.25. The number of nitrogens with zero attached hydrogens (tertiary/aromatic N) is 2. The molecule has 3 nitrogen and oxygen atoms in total. The predicted molar refractivity (Wildman–Crippen MR) is 83.4 cm³/mol. The van der Waals surface area contributed by atoms with Crippen LogP contribution in [-0.4, -0.2) is 35.6 Å². The monoisotopic (exact) mass is 277 g/mol. The summed E-state index contributed by atoms with van der Waals surface area (Å²) in [5, 5.41) is 13.1. The number of rotatable bonds is 4. The average molecular weight is 277 g/mol. The highest BCUT2D eigenvalue weighted by atomic mass is 15.2. The van der Waals surface area contributed by atoms with Crippen LogP contribution in [0.1, 0.15) is 65.7 Å². The Morgan fingerprint density at radius 3 is 2.60 bits per heavy atom. The molecule has 0 bridgehead atoms. The average Bonchev–Trinajstić information content (AvgIpc) is 2.82. The molecular weight excluding hydrogens is 246 g/mol. The van der Waals surface area contributed by atoms with E-state index >= 15 is 0 Å². The quantitative estimate of drug-likeness (QED) is 0.857. The van der Waals surface area contributed by atoms with Crippen molar-refractivity contribution in [2.75, 3.05) is 7.05 Å². The summed E-state index contributed by atoms with van der Waals surface area (Å²) in [6, 6.07) is 4.26. The van der Waals surface area contributed by atoms with Gasteiger partial charge in [-0.25, -0.2) is 0 Å². The molecule has 1 N–H and O–H groups in total. The first-order valence-electron chi connectivity index (χ1n) is 8.36. The molecule has 4 unspecified atom stereocenters. The first kappa shape index (κ1) is 15.8. The minimum absolute atomic E-state index is 0.284. The van der Waals surface area contributed by atoms with Crippen LogP contribution in [0.15, 0.2) is 0 Å². The van der Waals surface area contributed by atoms with Crippen molar-refractivity contribution in [2.24, 2.45) is 5.92 Å². The van der Waals surface area contributed by atoms with Crippen molar-refractivity contribution in [3.8, 4) is 6.07 Å². The number of nitrogens with one attached hydrogen (secondary N) is 1. The summed E-state index contributed by atoms with van der Waals surface area (Å²) in [4.78, 5) is 2.59. The smallest absolute Gasteiger partial charge is 0.108 e. The molecule has 0 amide bonds. The Balaban J connectivity index is 1.96. The van der Waals surface area contributed by atoms with Crippen molar-refractivity contribution in [3.05, 3.63) is 0 Å². The van der Waals surface area contributed by atoms with Gasteiger partial charge < -0.3 is 4.90 Å². The van der Waals surface area contributed by atoms with Crippen molar-refractivity contribution in [2.45, 2.75) is 89.4 Å². The molecule has 3 heteroatoms. The summed E-state index contributed by atoms with van der Waals surface area (Å²) in [6.07, 6.45) is 8.60. The largest absolute Gasteiger partial charge is 0.300 e. The van der Waals surface area contributed by atoms with Crippen molar-refractivity contribution in [1.82, 2.24) is 10.2 Å². The van der Waals surface area contributed by atoms with Gasteiger partial charge in [-0.2, -0.15) is 5.26 Å². The Kier molecular flexibility index (Phi) is 5.09. The van der Waals surface area contributed by atoms with Crippen LogP contribution in [0.25, 0.3) is 0 Å². The highest BCUT2D eigenvalue weighted by molar-refractivity contribution is 5.14. The van der Waals surface area contributed by atoms with Crippen LogP contribution in [-0.2, 0) is 0 Å². The van der Waals surface area contributed by atoms with Gasteiger partial charge in [0.2, 0.25) is 0 Å². The summed E-state index contributed by atoms with van der Waals surface area (Å²) in [5.74, 6) is 0.868. The molecule has 0 aromatic heterocycles. The molecule has 0 radical (unpaired) electrons. The summed E-state index contributed by atoms with van der Waals surface area (Å²) in [6.45, 7) is 6.66. The fraction of sp³-hybridized carbons (Fsp3) is 0.941. The zero-order valence-corrected chi connectivity index (χ0v) is 13.7. The Hall–Kier alpha value is -0.590. The van der Waals surface area contributed by atoms with Gasteiger partial charge in [0.25, 0.3) is 0 Å². The summed E-state index contributed by atoms with van der Waals surface area (Å²) in [7, 11) is 2.29. The highest BCUT2D eigenvalue weighted by Gasteiger charge is 2.42. The lowest BCUT2D eigenvalue weighted by molar-refractivity contribution is 0.117. The van der Waals surface area contributed by atoms with Crippen molar-refractivity contribution in [3.63, 3.8) is 0 Å². The van der Waals surface area contributed by atoms with E-state index in [4.69, 9.17) is 0 Å². The highest BCUT2D eigenvalue weighted by Crippen LogP contribution is 2.36. The van der Waals surface area contributed by atoms with Gasteiger partial charge in [-0.05, 0) is 58.9 Å². The Morgan fingerprint density at radius 2 is 2.00 bits per heavy atom. The van der Waals surface area contributed by atoms with E-state index in [0.717, 1.165) is 31.2 Å². The van der Waals surface area contributed by atoms with E-state index in [9.17, 15) is 5.26 Å². The molecule has 0 aromatic rings. The van der Waals surface area contributed by atoms with Crippen LogP contribution >= 0.6 is 0 Å². The fourth-order valence-electron chi connectivity index (χ4n) is 4.25. The Morgan fingerprint density at radius 1 is 1.25 bits per heavy atom. The molecular formula is C17H31N3. The van der Waals surface area contributed by atoms with Crippen molar-refractivity contribution < 1.29 is 0 Å². The molecule has 114 valence electrons. The molecule has 0 spiro atoms. The maximum absolute atomic E-state index is 9.59. The van der Waals surface area contributed by atoms with E-state index in [1.165, 1.54) is 25.7 Å². The molecule has 2 fully saturated rings. The Bertz CT molecular complexity index is 360. The molecule has 2 rings (SSSR count). The van der Waals surface area contributed by atoms with Crippen LogP contribution in [0.5, 0.6) is 0 Å². The van der Waals surface area contributed by atoms with E-state index < -0.39 is 0 Å². The third kappa shape index (κ3) is 3.54. The summed E-state index contributed by atoms with van der Waals surface area (Å²) >= 11 is 0. The summed E-state index contributed by atoms with van der Waals surface area (Å²) < 4.78 is 0. The lowest BCUT2D eigenvalue weighted by atomic mass is 9.85. The standard InChI is InChI=1S/C17H31N3/c1-13(2)19-17(12-18)9-8-16(11-17)20(4)15-7-5-6-14(3)10-15/h13-16,19H,5-11H2,1-4H3. The second-order valence-electron chi connectivity index (χ2n) is 7.48. The number of hydrogen-bond acceptors (Lipinski definition) is 3. The minimum atomic E-state index is -0.284. The van der Waals surface area contributed by atoms with Crippen LogP contribution in [0.4, 0.5) is 0 Å². The molecule has 20 heavy (non-hydrogen) atoms. The predicted octanol–water partition coefficient (Wildman–Crippen LogP) is 3.31. The molecule has 0 aromatic carbocycles. The zero-order chi connectivity index (χ0) is 14.8. The van der Waals surface area contributed by atoms with Gasteiger partial charge in [0.15, 0.2) is 0 Å².